The molecule has 0 spiro atoms. The second-order valence-corrected chi connectivity index (χ2v) is 5.70. The fraction of sp³-hybridized carbons (Fsp3) is 0.222. The van der Waals surface area contributed by atoms with Crippen LogP contribution in [0.5, 0.6) is 0 Å². The molecule has 4 heterocycles. The minimum Gasteiger partial charge on any atom is -0.346 e. The number of aryl methyl sites for hydroxylation is 2. The largest absolute Gasteiger partial charge is 0.346 e. The first-order valence-corrected chi connectivity index (χ1v) is 7.96. The van der Waals surface area contributed by atoms with Gasteiger partial charge in [-0.25, -0.2) is 0 Å². The van der Waals surface area contributed by atoms with Crippen LogP contribution < -0.4 is 0 Å². The summed E-state index contributed by atoms with van der Waals surface area (Å²) in [6, 6.07) is 7.98. The molecule has 6 nitrogen and oxygen atoms in total. The summed E-state index contributed by atoms with van der Waals surface area (Å²) in [5, 5.41) is 5.12. The third-order valence-electron chi connectivity index (χ3n) is 3.93. The van der Waals surface area contributed by atoms with Gasteiger partial charge in [-0.1, -0.05) is 12.1 Å². The Hall–Kier alpha value is -3.02. The zero-order valence-electron chi connectivity index (χ0n) is 13.6. The van der Waals surface area contributed by atoms with Crippen LogP contribution >= 0.6 is 0 Å². The van der Waals surface area contributed by atoms with E-state index in [0.717, 1.165) is 40.8 Å². The molecule has 0 bridgehead atoms. The highest BCUT2D eigenvalue weighted by atomic mass is 16.5. The highest BCUT2D eigenvalue weighted by Gasteiger charge is 2.10. The van der Waals surface area contributed by atoms with Crippen LogP contribution in [0.3, 0.4) is 0 Å². The Kier molecular flexibility index (Phi) is 3.57. The van der Waals surface area contributed by atoms with Gasteiger partial charge >= 0.3 is 0 Å². The number of pyridine rings is 2. The summed E-state index contributed by atoms with van der Waals surface area (Å²) in [5.74, 6) is 1.10. The lowest BCUT2D eigenvalue weighted by Gasteiger charge is -2.05. The Labute approximate surface area is 139 Å². The summed E-state index contributed by atoms with van der Waals surface area (Å²) >= 11 is 0. The van der Waals surface area contributed by atoms with Crippen LogP contribution in [0.15, 0.2) is 47.4 Å². The zero-order chi connectivity index (χ0) is 16.5. The monoisotopic (exact) mass is 319 g/mol. The summed E-state index contributed by atoms with van der Waals surface area (Å²) < 4.78 is 7.27. The average Bonchev–Trinajstić information content (AvgIpc) is 3.22. The van der Waals surface area contributed by atoms with Crippen LogP contribution in [0.2, 0.25) is 0 Å². The first-order chi connectivity index (χ1) is 11.7. The van der Waals surface area contributed by atoms with Crippen molar-refractivity contribution in [3.63, 3.8) is 0 Å². The molecule has 0 atom stereocenters. The van der Waals surface area contributed by atoms with E-state index in [-0.39, 0.29) is 0 Å². The molecule has 0 saturated carbocycles. The Morgan fingerprint density at radius 1 is 1.12 bits per heavy atom. The summed E-state index contributed by atoms with van der Waals surface area (Å²) in [4.78, 5) is 13.3. The van der Waals surface area contributed by atoms with Gasteiger partial charge in [-0.15, -0.1) is 0 Å². The molecule has 0 aromatic carbocycles. The van der Waals surface area contributed by atoms with Crippen molar-refractivity contribution in [3.05, 3.63) is 48.7 Å². The van der Waals surface area contributed by atoms with E-state index >= 15 is 0 Å². The van der Waals surface area contributed by atoms with Gasteiger partial charge in [0.15, 0.2) is 0 Å². The van der Waals surface area contributed by atoms with E-state index in [0.29, 0.717) is 11.7 Å². The summed E-state index contributed by atoms with van der Waals surface area (Å²) in [6.07, 6.45) is 6.85. The Balaban J connectivity index is 1.74. The maximum absolute atomic E-state index is 5.05. The van der Waals surface area contributed by atoms with Crippen molar-refractivity contribution < 1.29 is 4.52 Å². The number of hydrogen-bond acceptors (Lipinski definition) is 5. The molecular weight excluding hydrogens is 302 g/mol. The zero-order valence-corrected chi connectivity index (χ0v) is 13.6. The molecule has 0 aliphatic heterocycles. The topological polar surface area (TPSA) is 69.6 Å². The van der Waals surface area contributed by atoms with E-state index in [9.17, 15) is 0 Å². The Morgan fingerprint density at radius 3 is 2.79 bits per heavy atom. The van der Waals surface area contributed by atoms with Crippen LogP contribution in [-0.4, -0.2) is 24.7 Å². The molecule has 4 aromatic heterocycles. The molecule has 0 saturated heterocycles. The molecular formula is C18H17N5O. The van der Waals surface area contributed by atoms with Gasteiger partial charge in [-0.3, -0.25) is 9.97 Å². The molecule has 24 heavy (non-hydrogen) atoms. The standard InChI is InChI=1S/C18H17N5O/c1-3-7-23-8-5-13-9-16(20-11-17(13)23)15-10-14(4-6-19-15)18-21-12(2)24-22-18/h4-6,8-11H,3,7H2,1-2H3. The average molecular weight is 319 g/mol. The van der Waals surface area contributed by atoms with E-state index in [1.54, 1.807) is 13.1 Å². The van der Waals surface area contributed by atoms with Gasteiger partial charge in [0.25, 0.3) is 0 Å². The normalized spacial score (nSPS) is 11.2. The van der Waals surface area contributed by atoms with Crippen molar-refractivity contribution in [3.8, 4) is 22.8 Å². The van der Waals surface area contributed by atoms with E-state index in [4.69, 9.17) is 4.52 Å². The molecule has 0 unspecified atom stereocenters. The third-order valence-corrected chi connectivity index (χ3v) is 3.93. The minimum absolute atomic E-state index is 0.542. The van der Waals surface area contributed by atoms with Crippen molar-refractivity contribution in [2.24, 2.45) is 0 Å². The van der Waals surface area contributed by atoms with Gasteiger partial charge < -0.3 is 9.09 Å². The molecule has 0 N–H and O–H groups in total. The van der Waals surface area contributed by atoms with Gasteiger partial charge in [0.05, 0.1) is 23.1 Å². The second-order valence-electron chi connectivity index (χ2n) is 5.70. The summed E-state index contributed by atoms with van der Waals surface area (Å²) in [6.45, 7) is 4.94. The predicted molar refractivity (Wildman–Crippen MR) is 91.3 cm³/mol. The first kappa shape index (κ1) is 14.6. The number of nitrogens with zero attached hydrogens (tertiary/aromatic N) is 5. The molecule has 0 aliphatic rings. The van der Waals surface area contributed by atoms with Crippen molar-refractivity contribution >= 4 is 10.9 Å². The lowest BCUT2D eigenvalue weighted by atomic mass is 10.1. The Morgan fingerprint density at radius 2 is 2.00 bits per heavy atom. The van der Waals surface area contributed by atoms with Crippen molar-refractivity contribution in [1.82, 2.24) is 24.7 Å². The van der Waals surface area contributed by atoms with E-state index < -0.39 is 0 Å². The van der Waals surface area contributed by atoms with Gasteiger partial charge in [0.2, 0.25) is 11.7 Å². The molecule has 0 aliphatic carbocycles. The summed E-state index contributed by atoms with van der Waals surface area (Å²) in [7, 11) is 0. The van der Waals surface area contributed by atoms with Crippen molar-refractivity contribution in [1.29, 1.82) is 0 Å². The number of hydrogen-bond donors (Lipinski definition) is 0. The van der Waals surface area contributed by atoms with Gasteiger partial charge in [0.1, 0.15) is 0 Å². The SMILES string of the molecule is CCCn1ccc2cc(-c3cc(-c4noc(C)n4)ccn3)ncc21. The van der Waals surface area contributed by atoms with Crippen molar-refractivity contribution in [2.75, 3.05) is 0 Å². The van der Waals surface area contributed by atoms with Gasteiger partial charge in [-0.05, 0) is 30.7 Å². The smallest absolute Gasteiger partial charge is 0.223 e. The molecule has 6 heteroatoms. The third kappa shape index (κ3) is 2.56. The lowest BCUT2D eigenvalue weighted by Crippen LogP contribution is -1.95. The molecule has 4 aromatic rings. The second kappa shape index (κ2) is 5.88. The van der Waals surface area contributed by atoms with Crippen LogP contribution in [0, 0.1) is 6.92 Å². The van der Waals surface area contributed by atoms with Crippen molar-refractivity contribution in [2.45, 2.75) is 26.8 Å². The highest BCUT2D eigenvalue weighted by Crippen LogP contribution is 2.24. The maximum Gasteiger partial charge on any atom is 0.223 e. The fourth-order valence-corrected chi connectivity index (χ4v) is 2.79. The number of fused-ring (bicyclic) bond motifs is 1. The van der Waals surface area contributed by atoms with Crippen LogP contribution in [-0.2, 0) is 6.54 Å². The maximum atomic E-state index is 5.05. The molecule has 0 amide bonds. The van der Waals surface area contributed by atoms with Gasteiger partial charge in [-0.2, -0.15) is 4.98 Å². The van der Waals surface area contributed by atoms with E-state index in [2.05, 4.69) is 49.9 Å². The highest BCUT2D eigenvalue weighted by molar-refractivity contribution is 5.83. The van der Waals surface area contributed by atoms with Crippen LogP contribution in [0.4, 0.5) is 0 Å². The first-order valence-electron chi connectivity index (χ1n) is 7.96. The molecule has 0 radical (unpaired) electrons. The minimum atomic E-state index is 0.542. The quantitative estimate of drug-likeness (QED) is 0.571. The van der Waals surface area contributed by atoms with E-state index in [1.807, 2.05) is 18.3 Å². The molecule has 0 fully saturated rings. The Bertz CT molecular complexity index is 1000. The molecule has 4 rings (SSSR count). The van der Waals surface area contributed by atoms with Crippen LogP contribution in [0.1, 0.15) is 19.2 Å². The lowest BCUT2D eigenvalue weighted by molar-refractivity contribution is 0.394. The number of rotatable bonds is 4. The number of aromatic nitrogens is 5. The van der Waals surface area contributed by atoms with E-state index in [1.165, 1.54) is 0 Å². The summed E-state index contributed by atoms with van der Waals surface area (Å²) in [5.41, 5.74) is 3.63. The molecule has 120 valence electrons. The van der Waals surface area contributed by atoms with Gasteiger partial charge in [0, 0.05) is 36.8 Å². The fourth-order valence-electron chi connectivity index (χ4n) is 2.79. The predicted octanol–water partition coefficient (Wildman–Crippen LogP) is 3.87. The van der Waals surface area contributed by atoms with Crippen LogP contribution in [0.25, 0.3) is 33.7 Å².